The summed E-state index contributed by atoms with van der Waals surface area (Å²) in [6, 6.07) is 6.09. The zero-order valence-corrected chi connectivity index (χ0v) is 13.2. The molecule has 2 N–H and O–H groups in total. The highest BCUT2D eigenvalue weighted by Gasteiger charge is 2.12. The van der Waals surface area contributed by atoms with Crippen molar-refractivity contribution in [1.29, 1.82) is 0 Å². The molecular formula is C15H25ClNO2-. The van der Waals surface area contributed by atoms with Crippen LogP contribution in [0.3, 0.4) is 0 Å². The lowest BCUT2D eigenvalue weighted by molar-refractivity contribution is -0.00000615. The SMILES string of the molecule is Cc1ccc(C)c(OCC(O)CNC(C)(C)C)c1.[Cl-]. The van der Waals surface area contributed by atoms with E-state index in [1.165, 1.54) is 0 Å². The quantitative estimate of drug-likeness (QED) is 0.762. The Labute approximate surface area is 122 Å². The molecule has 1 unspecified atom stereocenters. The first kappa shape index (κ1) is 18.2. The van der Waals surface area contributed by atoms with Gasteiger partial charge < -0.3 is 27.6 Å². The van der Waals surface area contributed by atoms with E-state index in [0.717, 1.165) is 16.9 Å². The first-order valence-electron chi connectivity index (χ1n) is 6.41. The third-order valence-electron chi connectivity index (χ3n) is 2.64. The normalized spacial score (nSPS) is 12.7. The van der Waals surface area contributed by atoms with E-state index in [0.29, 0.717) is 13.2 Å². The van der Waals surface area contributed by atoms with Gasteiger partial charge in [-0.15, -0.1) is 0 Å². The van der Waals surface area contributed by atoms with Crippen molar-refractivity contribution < 1.29 is 22.3 Å². The fraction of sp³-hybridized carbons (Fsp3) is 0.600. The van der Waals surface area contributed by atoms with Gasteiger partial charge in [0.05, 0.1) is 0 Å². The fourth-order valence-electron chi connectivity index (χ4n) is 1.53. The van der Waals surface area contributed by atoms with Gasteiger partial charge >= 0.3 is 0 Å². The van der Waals surface area contributed by atoms with Gasteiger partial charge in [0, 0.05) is 12.1 Å². The molecule has 0 bridgehead atoms. The maximum atomic E-state index is 9.85. The second kappa shape index (κ2) is 7.73. The summed E-state index contributed by atoms with van der Waals surface area (Å²) >= 11 is 0. The number of nitrogens with one attached hydrogen (secondary N) is 1. The monoisotopic (exact) mass is 286 g/mol. The van der Waals surface area contributed by atoms with Crippen molar-refractivity contribution in [2.24, 2.45) is 0 Å². The van der Waals surface area contributed by atoms with Gasteiger partial charge in [-0.3, -0.25) is 0 Å². The van der Waals surface area contributed by atoms with Crippen molar-refractivity contribution >= 4 is 0 Å². The van der Waals surface area contributed by atoms with Crippen LogP contribution in [0.2, 0.25) is 0 Å². The van der Waals surface area contributed by atoms with Crippen LogP contribution in [0.25, 0.3) is 0 Å². The van der Waals surface area contributed by atoms with Crippen LogP contribution in [0.4, 0.5) is 0 Å². The maximum Gasteiger partial charge on any atom is 0.122 e. The molecule has 0 fully saturated rings. The summed E-state index contributed by atoms with van der Waals surface area (Å²) in [7, 11) is 0. The lowest BCUT2D eigenvalue weighted by atomic mass is 10.1. The maximum absolute atomic E-state index is 9.85. The van der Waals surface area contributed by atoms with E-state index in [9.17, 15) is 5.11 Å². The number of rotatable bonds is 5. The molecule has 0 amide bonds. The Morgan fingerprint density at radius 2 is 1.89 bits per heavy atom. The fourth-order valence-corrected chi connectivity index (χ4v) is 1.53. The number of hydrogen-bond donors (Lipinski definition) is 2. The Kier molecular flexibility index (Phi) is 7.42. The molecule has 1 aromatic carbocycles. The molecule has 0 saturated carbocycles. The molecule has 0 radical (unpaired) electrons. The van der Waals surface area contributed by atoms with E-state index in [4.69, 9.17) is 4.74 Å². The van der Waals surface area contributed by atoms with Crippen LogP contribution < -0.4 is 22.5 Å². The van der Waals surface area contributed by atoms with E-state index in [1.807, 2.05) is 26.0 Å². The molecule has 0 aliphatic heterocycles. The number of benzene rings is 1. The Bertz CT molecular complexity index is 388. The van der Waals surface area contributed by atoms with Gasteiger partial charge in [-0.25, -0.2) is 0 Å². The molecule has 1 aromatic rings. The first-order chi connectivity index (χ1) is 8.28. The third kappa shape index (κ3) is 7.41. The zero-order valence-electron chi connectivity index (χ0n) is 12.5. The highest BCUT2D eigenvalue weighted by Crippen LogP contribution is 2.19. The summed E-state index contributed by atoms with van der Waals surface area (Å²) in [5.41, 5.74) is 2.27. The van der Waals surface area contributed by atoms with Gasteiger partial charge in [-0.05, 0) is 51.8 Å². The minimum absolute atomic E-state index is 0. The molecule has 1 atom stereocenters. The predicted molar refractivity (Wildman–Crippen MR) is 75.2 cm³/mol. The standard InChI is InChI=1S/C15H25NO2.ClH/c1-11-6-7-12(2)14(8-11)18-10-13(17)9-16-15(3,4)5;/h6-8,13,16-17H,9-10H2,1-5H3;1H/p-1. The van der Waals surface area contributed by atoms with Crippen molar-refractivity contribution in [1.82, 2.24) is 5.32 Å². The minimum Gasteiger partial charge on any atom is -1.00 e. The molecule has 1 rings (SSSR count). The summed E-state index contributed by atoms with van der Waals surface area (Å²) < 4.78 is 5.65. The van der Waals surface area contributed by atoms with Crippen LogP contribution in [0.5, 0.6) is 5.75 Å². The molecule has 4 heteroatoms. The van der Waals surface area contributed by atoms with Gasteiger partial charge in [0.2, 0.25) is 0 Å². The van der Waals surface area contributed by atoms with E-state index in [1.54, 1.807) is 0 Å². The molecule has 110 valence electrons. The number of hydrogen-bond acceptors (Lipinski definition) is 3. The largest absolute Gasteiger partial charge is 1.00 e. The number of ether oxygens (including phenoxy) is 1. The Morgan fingerprint density at radius 3 is 2.47 bits per heavy atom. The van der Waals surface area contributed by atoms with Gasteiger partial charge in [0.25, 0.3) is 0 Å². The van der Waals surface area contributed by atoms with E-state index in [-0.39, 0.29) is 17.9 Å². The van der Waals surface area contributed by atoms with Crippen LogP contribution >= 0.6 is 0 Å². The summed E-state index contributed by atoms with van der Waals surface area (Å²) in [5.74, 6) is 0.852. The highest BCUT2D eigenvalue weighted by molar-refractivity contribution is 5.35. The van der Waals surface area contributed by atoms with E-state index >= 15 is 0 Å². The molecule has 0 aliphatic carbocycles. The Hall–Kier alpha value is -0.770. The second-order valence-corrected chi connectivity index (χ2v) is 5.86. The van der Waals surface area contributed by atoms with Crippen molar-refractivity contribution in [2.75, 3.05) is 13.2 Å². The summed E-state index contributed by atoms with van der Waals surface area (Å²) in [6.45, 7) is 11.1. The van der Waals surface area contributed by atoms with Gasteiger partial charge in [0.15, 0.2) is 0 Å². The van der Waals surface area contributed by atoms with Crippen LogP contribution in [0.1, 0.15) is 31.9 Å². The summed E-state index contributed by atoms with van der Waals surface area (Å²) in [6.07, 6.45) is -0.496. The third-order valence-corrected chi connectivity index (χ3v) is 2.64. The van der Waals surface area contributed by atoms with Crippen molar-refractivity contribution in [3.63, 3.8) is 0 Å². The molecule has 0 spiro atoms. The van der Waals surface area contributed by atoms with E-state index in [2.05, 4.69) is 32.2 Å². The summed E-state index contributed by atoms with van der Waals surface area (Å²) in [4.78, 5) is 0. The number of β-amino-alcohol motifs (C(OH)–C–C–N with tert-alkyl or cyclic N) is 1. The summed E-state index contributed by atoms with van der Waals surface area (Å²) in [5, 5.41) is 13.1. The molecule has 0 aliphatic rings. The lowest BCUT2D eigenvalue weighted by Gasteiger charge is -2.23. The Balaban J connectivity index is 0.00000324. The average Bonchev–Trinajstić information content (AvgIpc) is 2.26. The number of aryl methyl sites for hydroxylation is 2. The van der Waals surface area contributed by atoms with Gasteiger partial charge in [-0.2, -0.15) is 0 Å². The van der Waals surface area contributed by atoms with Crippen LogP contribution in [-0.2, 0) is 0 Å². The average molecular weight is 287 g/mol. The molecular weight excluding hydrogens is 262 g/mol. The molecule has 0 aromatic heterocycles. The highest BCUT2D eigenvalue weighted by atomic mass is 35.5. The Morgan fingerprint density at radius 1 is 1.26 bits per heavy atom. The number of halogens is 1. The van der Waals surface area contributed by atoms with Gasteiger partial charge in [0.1, 0.15) is 18.5 Å². The van der Waals surface area contributed by atoms with Crippen molar-refractivity contribution in [3.8, 4) is 5.75 Å². The van der Waals surface area contributed by atoms with Crippen LogP contribution in [-0.4, -0.2) is 29.9 Å². The topological polar surface area (TPSA) is 41.5 Å². The smallest absolute Gasteiger partial charge is 0.122 e. The van der Waals surface area contributed by atoms with Crippen LogP contribution in [0.15, 0.2) is 18.2 Å². The number of aliphatic hydroxyl groups excluding tert-OH is 1. The number of aliphatic hydroxyl groups is 1. The molecule has 0 heterocycles. The molecule has 3 nitrogen and oxygen atoms in total. The zero-order chi connectivity index (χ0) is 13.8. The van der Waals surface area contributed by atoms with E-state index < -0.39 is 6.10 Å². The second-order valence-electron chi connectivity index (χ2n) is 5.86. The van der Waals surface area contributed by atoms with Crippen molar-refractivity contribution in [3.05, 3.63) is 29.3 Å². The lowest BCUT2D eigenvalue weighted by Crippen LogP contribution is -3.00. The first-order valence-corrected chi connectivity index (χ1v) is 6.41. The molecule has 19 heavy (non-hydrogen) atoms. The minimum atomic E-state index is -0.496. The van der Waals surface area contributed by atoms with Gasteiger partial charge in [-0.1, -0.05) is 12.1 Å². The van der Waals surface area contributed by atoms with Crippen molar-refractivity contribution in [2.45, 2.75) is 46.3 Å². The van der Waals surface area contributed by atoms with Crippen LogP contribution in [0, 0.1) is 13.8 Å². The molecule has 0 saturated heterocycles. The predicted octanol–water partition coefficient (Wildman–Crippen LogP) is -0.565.